The zero-order valence-corrected chi connectivity index (χ0v) is 17.5. The standard InChI is InChI=1S/C20H26N4O9/c21-12(8-11-4-2-1-3-5-11)18(30)24-13(6-7-16(26)27)19(31)22-10-15(25)23-14(20(32)33)9-17(28)29/h1-5,12-14H,6-10,21H2,(H,22,31)(H,23,25)(H,24,30)(H,26,27)(H,28,29)(H,32,33). The minimum atomic E-state index is -1.70. The molecule has 0 aromatic heterocycles. The molecule has 13 heteroatoms. The van der Waals surface area contributed by atoms with Gasteiger partial charge in [0.05, 0.1) is 19.0 Å². The summed E-state index contributed by atoms with van der Waals surface area (Å²) in [6.45, 7) is -0.724. The second kappa shape index (κ2) is 13.4. The number of benzene rings is 1. The number of nitrogens with one attached hydrogen (secondary N) is 3. The van der Waals surface area contributed by atoms with E-state index in [2.05, 4.69) is 10.6 Å². The Kier molecular flexibility index (Phi) is 11.0. The maximum absolute atomic E-state index is 12.4. The number of nitrogens with two attached hydrogens (primary N) is 1. The van der Waals surface area contributed by atoms with E-state index in [9.17, 15) is 28.8 Å². The molecule has 180 valence electrons. The van der Waals surface area contributed by atoms with E-state index in [1.165, 1.54) is 0 Å². The zero-order chi connectivity index (χ0) is 25.0. The minimum absolute atomic E-state index is 0.169. The molecule has 0 fully saturated rings. The highest BCUT2D eigenvalue weighted by molar-refractivity contribution is 5.93. The minimum Gasteiger partial charge on any atom is -0.481 e. The van der Waals surface area contributed by atoms with E-state index in [1.54, 1.807) is 30.3 Å². The summed E-state index contributed by atoms with van der Waals surface area (Å²) < 4.78 is 0. The Morgan fingerprint density at radius 2 is 1.48 bits per heavy atom. The summed E-state index contributed by atoms with van der Waals surface area (Å²) in [5, 5.41) is 33.0. The fraction of sp³-hybridized carbons (Fsp3) is 0.400. The monoisotopic (exact) mass is 466 g/mol. The van der Waals surface area contributed by atoms with Crippen LogP contribution in [0.15, 0.2) is 30.3 Å². The number of hydrogen-bond acceptors (Lipinski definition) is 7. The van der Waals surface area contributed by atoms with Gasteiger partial charge < -0.3 is 37.0 Å². The summed E-state index contributed by atoms with van der Waals surface area (Å²) in [6.07, 6.45) is -1.45. The summed E-state index contributed by atoms with van der Waals surface area (Å²) in [5.74, 6) is -6.82. The first-order chi connectivity index (χ1) is 15.5. The van der Waals surface area contributed by atoms with Crippen molar-refractivity contribution in [2.75, 3.05) is 6.54 Å². The van der Waals surface area contributed by atoms with E-state index in [-0.39, 0.29) is 12.8 Å². The normalized spacial score (nSPS) is 13.1. The van der Waals surface area contributed by atoms with Crippen LogP contribution >= 0.6 is 0 Å². The van der Waals surface area contributed by atoms with Gasteiger partial charge in [-0.1, -0.05) is 30.3 Å². The smallest absolute Gasteiger partial charge is 0.326 e. The third-order valence-corrected chi connectivity index (χ3v) is 4.35. The Morgan fingerprint density at radius 1 is 0.848 bits per heavy atom. The summed E-state index contributed by atoms with van der Waals surface area (Å²) in [6, 6.07) is 4.78. The van der Waals surface area contributed by atoms with Crippen molar-refractivity contribution in [3.05, 3.63) is 35.9 Å². The molecule has 33 heavy (non-hydrogen) atoms. The van der Waals surface area contributed by atoms with Gasteiger partial charge in [-0.3, -0.25) is 24.0 Å². The van der Waals surface area contributed by atoms with Crippen molar-refractivity contribution in [2.24, 2.45) is 5.73 Å². The molecule has 1 aromatic carbocycles. The summed E-state index contributed by atoms with van der Waals surface area (Å²) in [5.41, 5.74) is 6.65. The van der Waals surface area contributed by atoms with Crippen LogP contribution in [0, 0.1) is 0 Å². The Hall–Kier alpha value is -4.00. The average molecular weight is 466 g/mol. The zero-order valence-electron chi connectivity index (χ0n) is 17.5. The van der Waals surface area contributed by atoms with Gasteiger partial charge in [0.1, 0.15) is 12.1 Å². The average Bonchev–Trinajstić information content (AvgIpc) is 2.74. The molecule has 0 saturated heterocycles. The van der Waals surface area contributed by atoms with Gasteiger partial charge in [0.2, 0.25) is 17.7 Å². The molecule has 3 unspecified atom stereocenters. The first-order valence-electron chi connectivity index (χ1n) is 9.83. The molecule has 0 heterocycles. The lowest BCUT2D eigenvalue weighted by Crippen LogP contribution is -2.54. The number of carbonyl (C=O) groups excluding carboxylic acids is 3. The number of carboxylic acids is 3. The van der Waals surface area contributed by atoms with Crippen LogP contribution in [0.4, 0.5) is 0 Å². The molecule has 1 rings (SSSR count). The topological polar surface area (TPSA) is 225 Å². The van der Waals surface area contributed by atoms with Crippen LogP contribution in [0.25, 0.3) is 0 Å². The summed E-state index contributed by atoms with van der Waals surface area (Å²) in [7, 11) is 0. The third kappa shape index (κ3) is 10.7. The number of rotatable bonds is 14. The third-order valence-electron chi connectivity index (χ3n) is 4.35. The first kappa shape index (κ1) is 27.0. The fourth-order valence-electron chi connectivity index (χ4n) is 2.69. The van der Waals surface area contributed by atoms with Crippen molar-refractivity contribution in [3.63, 3.8) is 0 Å². The molecule has 0 aliphatic carbocycles. The number of carboxylic acid groups (broad SMARTS) is 3. The van der Waals surface area contributed by atoms with E-state index in [0.717, 1.165) is 5.56 Å². The molecule has 1 aromatic rings. The quantitative estimate of drug-likeness (QED) is 0.161. The van der Waals surface area contributed by atoms with Crippen molar-refractivity contribution in [1.82, 2.24) is 16.0 Å². The lowest BCUT2D eigenvalue weighted by Gasteiger charge is -2.20. The Bertz CT molecular complexity index is 876. The lowest BCUT2D eigenvalue weighted by atomic mass is 10.0. The molecule has 13 nitrogen and oxygen atoms in total. The van der Waals surface area contributed by atoms with Crippen LogP contribution in [0.5, 0.6) is 0 Å². The van der Waals surface area contributed by atoms with Gasteiger partial charge in [-0.15, -0.1) is 0 Å². The second-order valence-electron chi connectivity index (χ2n) is 7.06. The van der Waals surface area contributed by atoms with Gasteiger partial charge in [0.25, 0.3) is 0 Å². The Labute approximate surface area is 188 Å². The fourth-order valence-corrected chi connectivity index (χ4v) is 2.69. The molecule has 0 spiro atoms. The summed E-state index contributed by atoms with van der Waals surface area (Å²) in [4.78, 5) is 69.3. The highest BCUT2D eigenvalue weighted by atomic mass is 16.4. The number of aliphatic carboxylic acids is 3. The molecular formula is C20H26N4O9. The molecule has 0 aliphatic heterocycles. The molecule has 3 atom stereocenters. The molecule has 3 amide bonds. The van der Waals surface area contributed by atoms with Crippen molar-refractivity contribution in [2.45, 2.75) is 43.8 Å². The van der Waals surface area contributed by atoms with Crippen molar-refractivity contribution < 1.29 is 44.1 Å². The van der Waals surface area contributed by atoms with E-state index in [0.29, 0.717) is 0 Å². The predicted octanol–water partition coefficient (Wildman–Crippen LogP) is -1.93. The molecular weight excluding hydrogens is 440 g/mol. The van der Waals surface area contributed by atoms with Crippen molar-refractivity contribution in [1.29, 1.82) is 0 Å². The predicted molar refractivity (Wildman–Crippen MR) is 112 cm³/mol. The van der Waals surface area contributed by atoms with Gasteiger partial charge in [-0.25, -0.2) is 4.79 Å². The van der Waals surface area contributed by atoms with Crippen molar-refractivity contribution in [3.8, 4) is 0 Å². The SMILES string of the molecule is NC(Cc1ccccc1)C(=O)NC(CCC(=O)O)C(=O)NCC(=O)NC(CC(=O)O)C(=O)O. The van der Waals surface area contributed by atoms with Gasteiger partial charge in [-0.05, 0) is 18.4 Å². The van der Waals surface area contributed by atoms with E-state index in [1.807, 2.05) is 5.32 Å². The van der Waals surface area contributed by atoms with Gasteiger partial charge in [0.15, 0.2) is 0 Å². The molecule has 0 radical (unpaired) electrons. The molecule has 8 N–H and O–H groups in total. The maximum Gasteiger partial charge on any atom is 0.326 e. The van der Waals surface area contributed by atoms with E-state index in [4.69, 9.17) is 21.1 Å². The van der Waals surface area contributed by atoms with Crippen molar-refractivity contribution >= 4 is 35.6 Å². The van der Waals surface area contributed by atoms with Crippen LogP contribution in [0.1, 0.15) is 24.8 Å². The van der Waals surface area contributed by atoms with Gasteiger partial charge in [0, 0.05) is 6.42 Å². The van der Waals surface area contributed by atoms with Crippen LogP contribution < -0.4 is 21.7 Å². The number of carbonyl (C=O) groups is 6. The van der Waals surface area contributed by atoms with E-state index < -0.39 is 73.1 Å². The van der Waals surface area contributed by atoms with Gasteiger partial charge >= 0.3 is 17.9 Å². The molecule has 0 saturated carbocycles. The van der Waals surface area contributed by atoms with E-state index >= 15 is 0 Å². The largest absolute Gasteiger partial charge is 0.481 e. The molecule has 0 aliphatic rings. The Balaban J connectivity index is 2.70. The van der Waals surface area contributed by atoms with Crippen LogP contribution in [-0.2, 0) is 35.2 Å². The second-order valence-corrected chi connectivity index (χ2v) is 7.06. The maximum atomic E-state index is 12.4. The van der Waals surface area contributed by atoms with Crippen LogP contribution in [0.3, 0.4) is 0 Å². The number of amides is 3. The highest BCUT2D eigenvalue weighted by Gasteiger charge is 2.26. The van der Waals surface area contributed by atoms with Gasteiger partial charge in [-0.2, -0.15) is 0 Å². The Morgan fingerprint density at radius 3 is 2.03 bits per heavy atom. The molecule has 0 bridgehead atoms. The number of hydrogen-bond donors (Lipinski definition) is 7. The van der Waals surface area contributed by atoms with Crippen LogP contribution in [0.2, 0.25) is 0 Å². The highest BCUT2D eigenvalue weighted by Crippen LogP contribution is 2.04. The summed E-state index contributed by atoms with van der Waals surface area (Å²) >= 11 is 0. The van der Waals surface area contributed by atoms with Crippen LogP contribution in [-0.4, -0.2) is 75.6 Å². The first-order valence-corrected chi connectivity index (χ1v) is 9.83. The lowest BCUT2D eigenvalue weighted by molar-refractivity contribution is -0.147.